The van der Waals surface area contributed by atoms with Gasteiger partial charge in [0.2, 0.25) is 0 Å². The standard InChI is InChI=1S/C42H62BN5O8Si/c1-10-12-24-52-27-42(28-54-57(41(7,8)9,31-20-16-14-17-21-31)32-22-18-15-19-23-32)34(53-25-13-11-2)33(36(55-42)48-26-30(3)35(49)46-38(48)50)45-37(44-29-43)47-39(51)56-40(4,5)6/h14-23,26,33-34,36H,10-13,24-25,27-29H2,1-9H3,(H,46,49,50)(H2,44,45,47,51)/t33?,34?,36-,42+/m1/s1. The number of nitrogens with one attached hydrogen (secondary N) is 3. The Bertz CT molecular complexity index is 1840. The number of H-pyrrole nitrogens is 1. The zero-order valence-corrected chi connectivity index (χ0v) is 36.2. The van der Waals surface area contributed by atoms with E-state index in [1.807, 2.05) is 36.4 Å². The molecule has 3 N–H and O–H groups in total. The van der Waals surface area contributed by atoms with E-state index in [4.69, 9.17) is 31.2 Å². The average Bonchev–Trinajstić information content (AvgIpc) is 3.43. The maximum atomic E-state index is 13.7. The number of unbranched alkanes of at least 4 members (excludes halogenated alkanes) is 2. The average molecular weight is 804 g/mol. The van der Waals surface area contributed by atoms with E-state index in [-0.39, 0.29) is 30.7 Å². The molecule has 0 saturated carbocycles. The molecule has 2 unspecified atom stereocenters. The summed E-state index contributed by atoms with van der Waals surface area (Å²) in [5, 5.41) is 7.78. The van der Waals surface area contributed by atoms with Crippen molar-refractivity contribution in [1.29, 1.82) is 0 Å². The van der Waals surface area contributed by atoms with Crippen LogP contribution in [-0.2, 0) is 23.4 Å². The summed E-state index contributed by atoms with van der Waals surface area (Å²) in [5.41, 5.74) is -3.06. The molecule has 0 aliphatic carbocycles. The highest BCUT2D eigenvalue weighted by Gasteiger charge is 2.60. The first-order valence-electron chi connectivity index (χ1n) is 20.0. The highest BCUT2D eigenvalue weighted by molar-refractivity contribution is 6.99. The molecule has 1 aliphatic rings. The van der Waals surface area contributed by atoms with E-state index in [1.54, 1.807) is 27.7 Å². The van der Waals surface area contributed by atoms with Crippen molar-refractivity contribution in [3.63, 3.8) is 0 Å². The predicted octanol–water partition coefficient (Wildman–Crippen LogP) is 4.66. The summed E-state index contributed by atoms with van der Waals surface area (Å²) >= 11 is 0. The number of nitrogens with zero attached hydrogens (tertiary/aromatic N) is 2. The first-order chi connectivity index (χ1) is 27.0. The van der Waals surface area contributed by atoms with Gasteiger partial charge in [-0.15, -0.1) is 0 Å². The van der Waals surface area contributed by atoms with E-state index >= 15 is 0 Å². The van der Waals surface area contributed by atoms with Crippen molar-refractivity contribution >= 4 is 38.6 Å². The summed E-state index contributed by atoms with van der Waals surface area (Å²) < 4.78 is 34.9. The van der Waals surface area contributed by atoms with Gasteiger partial charge in [-0.25, -0.2) is 9.59 Å². The van der Waals surface area contributed by atoms with Crippen LogP contribution in [0.3, 0.4) is 0 Å². The fraction of sp³-hybridized carbons (Fsp3) is 0.571. The predicted molar refractivity (Wildman–Crippen MR) is 227 cm³/mol. The Labute approximate surface area is 339 Å². The highest BCUT2D eigenvalue weighted by atomic mass is 28.4. The third-order valence-corrected chi connectivity index (χ3v) is 14.8. The van der Waals surface area contributed by atoms with Gasteiger partial charge < -0.3 is 28.7 Å². The molecular formula is C42H62BN5O8Si. The number of aryl methyl sites for hydroxylation is 1. The lowest BCUT2D eigenvalue weighted by atomic mass is 9.94. The van der Waals surface area contributed by atoms with Gasteiger partial charge in [-0.05, 0) is 55.9 Å². The van der Waals surface area contributed by atoms with Gasteiger partial charge in [0, 0.05) is 31.4 Å². The lowest BCUT2D eigenvalue weighted by Crippen LogP contribution is -2.68. The van der Waals surface area contributed by atoms with Crippen molar-refractivity contribution in [3.8, 4) is 0 Å². The van der Waals surface area contributed by atoms with Crippen LogP contribution in [0.1, 0.15) is 92.9 Å². The summed E-state index contributed by atoms with van der Waals surface area (Å²) in [4.78, 5) is 46.3. The van der Waals surface area contributed by atoms with Gasteiger partial charge >= 0.3 is 11.8 Å². The molecule has 0 spiro atoms. The third kappa shape index (κ3) is 11.3. The van der Waals surface area contributed by atoms with Gasteiger partial charge in [0.15, 0.2) is 12.2 Å². The second-order valence-corrected chi connectivity index (χ2v) is 20.8. The number of hydrogen-bond donors (Lipinski definition) is 3. The summed E-state index contributed by atoms with van der Waals surface area (Å²) in [7, 11) is 2.76. The monoisotopic (exact) mass is 803 g/mol. The Balaban J connectivity index is 1.97. The lowest BCUT2D eigenvalue weighted by Gasteiger charge is -2.45. The minimum atomic E-state index is -3.17. The minimum Gasteiger partial charge on any atom is -0.444 e. The number of alkyl carbamates (subject to hydrolysis) is 1. The molecule has 4 atom stereocenters. The van der Waals surface area contributed by atoms with Crippen LogP contribution in [0.15, 0.2) is 81.4 Å². The van der Waals surface area contributed by atoms with Crippen LogP contribution >= 0.6 is 0 Å². The van der Waals surface area contributed by atoms with Crippen molar-refractivity contribution in [1.82, 2.24) is 20.2 Å². The molecule has 1 aliphatic heterocycles. The molecule has 2 heterocycles. The Kier molecular flexibility index (Phi) is 16.1. The zero-order chi connectivity index (χ0) is 41.9. The zero-order valence-electron chi connectivity index (χ0n) is 35.2. The normalized spacial score (nSPS) is 20.4. The van der Waals surface area contributed by atoms with Crippen LogP contribution < -0.4 is 32.3 Å². The Morgan fingerprint density at radius 2 is 1.54 bits per heavy atom. The first-order valence-corrected chi connectivity index (χ1v) is 21.9. The fourth-order valence-electron chi connectivity index (χ4n) is 7.15. The second kappa shape index (κ2) is 20.1. The molecule has 310 valence electrons. The molecule has 13 nitrogen and oxygen atoms in total. The van der Waals surface area contributed by atoms with Crippen LogP contribution in [0.2, 0.25) is 5.04 Å². The molecule has 57 heavy (non-hydrogen) atoms. The molecule has 2 radical (unpaired) electrons. The Hall–Kier alpha value is -4.02. The molecule has 1 saturated heterocycles. The maximum Gasteiger partial charge on any atom is 0.414 e. The Morgan fingerprint density at radius 3 is 2.09 bits per heavy atom. The van der Waals surface area contributed by atoms with E-state index in [0.29, 0.717) is 18.8 Å². The molecule has 1 amide bonds. The molecule has 1 fully saturated rings. The summed E-state index contributed by atoms with van der Waals surface area (Å²) in [6, 6.07) is 19.7. The number of carbonyl (C=O) groups excluding carboxylic acids is 1. The Morgan fingerprint density at radius 1 is 0.947 bits per heavy atom. The third-order valence-electron chi connectivity index (χ3n) is 9.83. The summed E-state index contributed by atoms with van der Waals surface area (Å²) in [6.07, 6.45) is 1.83. The van der Waals surface area contributed by atoms with Crippen molar-refractivity contribution in [2.75, 3.05) is 32.9 Å². The van der Waals surface area contributed by atoms with E-state index < -0.39 is 55.2 Å². The lowest BCUT2D eigenvalue weighted by molar-refractivity contribution is -0.168. The largest absolute Gasteiger partial charge is 0.444 e. The number of aromatic amines is 1. The molecule has 4 rings (SSSR count). The van der Waals surface area contributed by atoms with E-state index in [2.05, 4.69) is 79.5 Å². The summed E-state index contributed by atoms with van der Waals surface area (Å²) in [5.74, 6) is -0.0146. The van der Waals surface area contributed by atoms with Crippen LogP contribution in [-0.4, -0.2) is 94.0 Å². The van der Waals surface area contributed by atoms with Gasteiger partial charge in [-0.1, -0.05) is 108 Å². The van der Waals surface area contributed by atoms with Crippen LogP contribution in [0, 0.1) is 6.92 Å². The minimum absolute atomic E-state index is 0.00216. The SMILES string of the molecule is [B]CN=C(NC(=O)OC(C)(C)C)NC1C(OCCCC)[C@](COCCCC)(CO[Si](c2ccccc2)(c2ccccc2)C(C)(C)C)O[C@H]1n1cc(C)c(=O)[nH]c1=O. The number of aromatic nitrogens is 2. The number of ether oxygens (including phenoxy) is 4. The maximum absolute atomic E-state index is 13.7. The van der Waals surface area contributed by atoms with Gasteiger partial charge in [-0.2, -0.15) is 0 Å². The quantitative estimate of drug-likeness (QED) is 0.0766. The van der Waals surface area contributed by atoms with Crippen LogP contribution in [0.5, 0.6) is 0 Å². The van der Waals surface area contributed by atoms with Crippen molar-refractivity contribution in [3.05, 3.63) is 93.3 Å². The second-order valence-electron chi connectivity index (χ2n) is 16.5. The van der Waals surface area contributed by atoms with Crippen molar-refractivity contribution in [2.45, 2.75) is 123 Å². The number of benzene rings is 2. The van der Waals surface area contributed by atoms with Gasteiger partial charge in [0.25, 0.3) is 13.9 Å². The molecule has 1 aromatic heterocycles. The number of rotatable bonds is 17. The number of aliphatic imine (C=N–C) groups is 1. The van der Waals surface area contributed by atoms with Crippen molar-refractivity contribution < 1.29 is 28.2 Å². The van der Waals surface area contributed by atoms with Crippen molar-refractivity contribution in [2.24, 2.45) is 4.99 Å². The van der Waals surface area contributed by atoms with E-state index in [9.17, 15) is 14.4 Å². The highest BCUT2D eigenvalue weighted by Crippen LogP contribution is 2.43. The van der Waals surface area contributed by atoms with Crippen LogP contribution in [0.25, 0.3) is 0 Å². The number of amides is 1. The van der Waals surface area contributed by atoms with E-state index in [1.165, 1.54) is 10.8 Å². The summed E-state index contributed by atoms with van der Waals surface area (Å²) in [6.45, 7) is 18.4. The molecule has 3 aromatic rings. The van der Waals surface area contributed by atoms with Gasteiger partial charge in [0.1, 0.15) is 23.3 Å². The molecule has 15 heteroatoms. The number of hydrogen-bond acceptors (Lipinski definition) is 9. The van der Waals surface area contributed by atoms with E-state index in [0.717, 1.165) is 36.1 Å². The first kappa shape index (κ1) is 45.7. The number of guanidine groups is 1. The fourth-order valence-corrected chi connectivity index (χ4v) is 11.8. The van der Waals surface area contributed by atoms with Gasteiger partial charge in [0.05, 0.1) is 21.1 Å². The molecule has 2 aromatic carbocycles. The molecule has 0 bridgehead atoms. The van der Waals surface area contributed by atoms with Gasteiger partial charge in [-0.3, -0.25) is 24.7 Å². The smallest absolute Gasteiger partial charge is 0.414 e. The van der Waals surface area contributed by atoms with Crippen LogP contribution in [0.4, 0.5) is 4.79 Å². The number of carbonyl (C=O) groups is 1. The molecular weight excluding hydrogens is 741 g/mol. The topological polar surface area (TPSA) is 154 Å².